The molecule has 0 amide bonds. The molecule has 0 aliphatic heterocycles. The van der Waals surface area contributed by atoms with Crippen LogP contribution in [0.4, 0.5) is 0 Å². The summed E-state index contributed by atoms with van der Waals surface area (Å²) in [6, 6.07) is 10.6. The predicted molar refractivity (Wildman–Crippen MR) is 84.3 cm³/mol. The molecule has 0 radical (unpaired) electrons. The molecular formula is C18H22N2O. The minimum Gasteiger partial charge on any atom is -0.489 e. The van der Waals surface area contributed by atoms with E-state index in [4.69, 9.17) is 10.5 Å². The van der Waals surface area contributed by atoms with Gasteiger partial charge < -0.3 is 10.5 Å². The molecule has 0 spiro atoms. The number of pyridine rings is 1. The lowest BCUT2D eigenvalue weighted by Gasteiger charge is -2.35. The van der Waals surface area contributed by atoms with Gasteiger partial charge in [-0.05, 0) is 55.9 Å². The Hall–Kier alpha value is -1.87. The van der Waals surface area contributed by atoms with Gasteiger partial charge in [0.25, 0.3) is 0 Å². The minimum atomic E-state index is -0.350. The largest absolute Gasteiger partial charge is 0.489 e. The third-order valence-electron chi connectivity index (χ3n) is 4.12. The average Bonchev–Trinajstić information content (AvgIpc) is 2.47. The summed E-state index contributed by atoms with van der Waals surface area (Å²) in [6.07, 6.45) is 6.59. The van der Waals surface area contributed by atoms with E-state index in [9.17, 15) is 0 Å². The highest BCUT2D eigenvalue weighted by Crippen LogP contribution is 2.35. The molecule has 2 aromatic rings. The molecule has 0 bridgehead atoms. The van der Waals surface area contributed by atoms with Crippen LogP contribution in [0.25, 0.3) is 0 Å². The van der Waals surface area contributed by atoms with Crippen molar-refractivity contribution < 1.29 is 4.74 Å². The van der Waals surface area contributed by atoms with Gasteiger partial charge in [0.1, 0.15) is 5.75 Å². The van der Waals surface area contributed by atoms with Crippen LogP contribution in [-0.2, 0) is 18.4 Å². The smallest absolute Gasteiger partial charge is 0.138 e. The van der Waals surface area contributed by atoms with Crippen molar-refractivity contribution in [3.8, 4) is 5.75 Å². The fraction of sp³-hybridized carbons (Fsp3) is 0.389. The summed E-state index contributed by atoms with van der Waals surface area (Å²) in [6.45, 7) is 4.03. The molecule has 3 heteroatoms. The van der Waals surface area contributed by atoms with Crippen LogP contribution < -0.4 is 10.5 Å². The van der Waals surface area contributed by atoms with Gasteiger partial charge in [0.15, 0.2) is 0 Å². The fourth-order valence-corrected chi connectivity index (χ4v) is 3.03. The lowest BCUT2D eigenvalue weighted by atomic mass is 9.75. The SMILES string of the molecule is CC(C)Oc1cncc(C2(N)CCc3ccccc3C2)c1. The van der Waals surface area contributed by atoms with Crippen molar-refractivity contribution in [2.24, 2.45) is 5.73 Å². The van der Waals surface area contributed by atoms with E-state index < -0.39 is 0 Å². The molecule has 0 saturated heterocycles. The standard InChI is InChI=1S/C18H22N2O/c1-13(2)21-17-9-16(11-20-12-17)18(19)8-7-14-5-3-4-6-15(14)10-18/h3-6,9,11-13H,7-8,10,19H2,1-2H3. The van der Waals surface area contributed by atoms with Crippen LogP contribution in [0.15, 0.2) is 42.7 Å². The van der Waals surface area contributed by atoms with Crippen molar-refractivity contribution in [2.75, 3.05) is 0 Å². The van der Waals surface area contributed by atoms with E-state index in [1.165, 1.54) is 11.1 Å². The quantitative estimate of drug-likeness (QED) is 0.940. The molecule has 110 valence electrons. The normalized spacial score (nSPS) is 21.1. The molecule has 3 rings (SSSR count). The first-order valence-corrected chi connectivity index (χ1v) is 7.55. The van der Waals surface area contributed by atoms with E-state index in [0.29, 0.717) is 0 Å². The zero-order chi connectivity index (χ0) is 14.9. The van der Waals surface area contributed by atoms with Crippen LogP contribution >= 0.6 is 0 Å². The van der Waals surface area contributed by atoms with Crippen LogP contribution in [-0.4, -0.2) is 11.1 Å². The first kappa shape index (κ1) is 14.1. The Morgan fingerprint density at radius 3 is 2.71 bits per heavy atom. The van der Waals surface area contributed by atoms with Gasteiger partial charge in [0.05, 0.1) is 12.3 Å². The number of hydrogen-bond donors (Lipinski definition) is 1. The van der Waals surface area contributed by atoms with Gasteiger partial charge in [0, 0.05) is 11.7 Å². The lowest BCUT2D eigenvalue weighted by molar-refractivity contribution is 0.240. The number of fused-ring (bicyclic) bond motifs is 1. The maximum Gasteiger partial charge on any atom is 0.138 e. The van der Waals surface area contributed by atoms with E-state index in [1.807, 2.05) is 26.1 Å². The topological polar surface area (TPSA) is 48.1 Å². The van der Waals surface area contributed by atoms with Crippen LogP contribution in [0.2, 0.25) is 0 Å². The second-order valence-electron chi connectivity index (χ2n) is 6.18. The van der Waals surface area contributed by atoms with E-state index in [0.717, 1.165) is 30.6 Å². The molecule has 2 N–H and O–H groups in total. The number of aromatic nitrogens is 1. The Balaban J connectivity index is 1.90. The molecular weight excluding hydrogens is 260 g/mol. The van der Waals surface area contributed by atoms with E-state index in [2.05, 4.69) is 29.2 Å². The Morgan fingerprint density at radius 2 is 1.95 bits per heavy atom. The fourth-order valence-electron chi connectivity index (χ4n) is 3.03. The molecule has 1 heterocycles. The van der Waals surface area contributed by atoms with Gasteiger partial charge in [-0.3, -0.25) is 4.98 Å². The van der Waals surface area contributed by atoms with Crippen molar-refractivity contribution in [3.05, 3.63) is 59.4 Å². The summed E-state index contributed by atoms with van der Waals surface area (Å²) in [5.41, 5.74) is 10.2. The lowest BCUT2D eigenvalue weighted by Crippen LogP contribution is -2.42. The number of aryl methyl sites for hydroxylation is 1. The van der Waals surface area contributed by atoms with Gasteiger partial charge in [0.2, 0.25) is 0 Å². The molecule has 1 aliphatic rings. The van der Waals surface area contributed by atoms with Gasteiger partial charge in [-0.2, -0.15) is 0 Å². The van der Waals surface area contributed by atoms with Gasteiger partial charge in [-0.25, -0.2) is 0 Å². The van der Waals surface area contributed by atoms with Crippen molar-refractivity contribution in [3.63, 3.8) is 0 Å². The van der Waals surface area contributed by atoms with Gasteiger partial charge in [-0.1, -0.05) is 24.3 Å². The Labute approximate surface area is 126 Å². The monoisotopic (exact) mass is 282 g/mol. The van der Waals surface area contributed by atoms with Crippen LogP contribution in [0.1, 0.15) is 37.0 Å². The highest BCUT2D eigenvalue weighted by Gasteiger charge is 2.32. The van der Waals surface area contributed by atoms with E-state index in [1.54, 1.807) is 6.20 Å². The molecule has 21 heavy (non-hydrogen) atoms. The molecule has 0 saturated carbocycles. The van der Waals surface area contributed by atoms with Crippen molar-refractivity contribution >= 4 is 0 Å². The summed E-state index contributed by atoms with van der Waals surface area (Å²) in [7, 11) is 0. The maximum atomic E-state index is 6.70. The van der Waals surface area contributed by atoms with Crippen LogP contribution in [0.3, 0.4) is 0 Å². The van der Waals surface area contributed by atoms with Gasteiger partial charge in [-0.15, -0.1) is 0 Å². The molecule has 0 fully saturated rings. The Morgan fingerprint density at radius 1 is 1.19 bits per heavy atom. The maximum absolute atomic E-state index is 6.70. The summed E-state index contributed by atoms with van der Waals surface area (Å²) >= 11 is 0. The number of nitrogens with zero attached hydrogens (tertiary/aromatic N) is 1. The average molecular weight is 282 g/mol. The highest BCUT2D eigenvalue weighted by atomic mass is 16.5. The van der Waals surface area contributed by atoms with Crippen molar-refractivity contribution in [2.45, 2.75) is 44.8 Å². The molecule has 1 atom stereocenters. The molecule has 1 aromatic carbocycles. The first-order valence-electron chi connectivity index (χ1n) is 7.55. The van der Waals surface area contributed by atoms with Crippen molar-refractivity contribution in [1.29, 1.82) is 0 Å². The number of nitrogens with two attached hydrogens (primary N) is 1. The van der Waals surface area contributed by atoms with Crippen LogP contribution in [0.5, 0.6) is 5.75 Å². The molecule has 1 aromatic heterocycles. The second kappa shape index (κ2) is 5.49. The third-order valence-corrected chi connectivity index (χ3v) is 4.12. The summed E-state index contributed by atoms with van der Waals surface area (Å²) in [4.78, 5) is 4.31. The van der Waals surface area contributed by atoms with Crippen LogP contribution in [0, 0.1) is 0 Å². The number of rotatable bonds is 3. The van der Waals surface area contributed by atoms with E-state index in [-0.39, 0.29) is 11.6 Å². The predicted octanol–water partition coefficient (Wildman–Crippen LogP) is 3.21. The first-order chi connectivity index (χ1) is 10.1. The summed E-state index contributed by atoms with van der Waals surface area (Å²) in [5, 5.41) is 0. The minimum absolute atomic E-state index is 0.142. The highest BCUT2D eigenvalue weighted by molar-refractivity contribution is 5.37. The zero-order valence-corrected chi connectivity index (χ0v) is 12.7. The van der Waals surface area contributed by atoms with Crippen molar-refractivity contribution in [1.82, 2.24) is 4.98 Å². The third kappa shape index (κ3) is 2.93. The summed E-state index contributed by atoms with van der Waals surface area (Å²) < 4.78 is 5.74. The van der Waals surface area contributed by atoms with E-state index >= 15 is 0 Å². The molecule has 3 nitrogen and oxygen atoms in total. The number of benzene rings is 1. The zero-order valence-electron chi connectivity index (χ0n) is 12.7. The number of ether oxygens (including phenoxy) is 1. The Kier molecular flexibility index (Phi) is 3.68. The second-order valence-corrected chi connectivity index (χ2v) is 6.18. The molecule has 1 aliphatic carbocycles. The molecule has 1 unspecified atom stereocenters. The number of hydrogen-bond acceptors (Lipinski definition) is 3. The Bertz CT molecular complexity index is 639. The van der Waals surface area contributed by atoms with Gasteiger partial charge >= 0.3 is 0 Å². The summed E-state index contributed by atoms with van der Waals surface area (Å²) in [5.74, 6) is 0.797.